The first-order valence-corrected chi connectivity index (χ1v) is 7.51. The lowest BCUT2D eigenvalue weighted by Crippen LogP contribution is -2.32. The second kappa shape index (κ2) is 4.72. The molecular weight excluding hydrogens is 282 g/mol. The Labute approximate surface area is 125 Å². The number of H-pyrrole nitrogens is 2. The van der Waals surface area contributed by atoms with Gasteiger partial charge >= 0.3 is 5.69 Å². The number of fused-ring (bicyclic) bond motifs is 3. The Bertz CT molecular complexity index is 919. The van der Waals surface area contributed by atoms with Crippen molar-refractivity contribution in [2.45, 2.75) is 31.7 Å². The molecule has 0 unspecified atom stereocenters. The van der Waals surface area contributed by atoms with Crippen molar-refractivity contribution in [1.82, 2.24) is 19.5 Å². The Hall–Kier alpha value is -2.57. The zero-order valence-electron chi connectivity index (χ0n) is 12.0. The summed E-state index contributed by atoms with van der Waals surface area (Å²) in [6, 6.07) is 1.91. The first kappa shape index (κ1) is 13.1. The number of rotatable bonds is 2. The zero-order valence-corrected chi connectivity index (χ0v) is 12.0. The number of nitrogens with one attached hydrogen (secondary N) is 2. The van der Waals surface area contributed by atoms with Crippen molar-refractivity contribution in [2.75, 3.05) is 0 Å². The molecule has 0 spiro atoms. The van der Waals surface area contributed by atoms with Crippen LogP contribution in [0.5, 0.6) is 0 Å². The topological polar surface area (TPSA) is 110 Å². The smallest absolute Gasteiger partial charge is 0.326 e. The molecule has 1 amide bonds. The molecule has 7 nitrogen and oxygen atoms in total. The molecule has 1 aliphatic carbocycles. The number of aromatic nitrogens is 4. The number of carbonyl (C=O) groups excluding carboxylic acids is 1. The van der Waals surface area contributed by atoms with Crippen molar-refractivity contribution in [2.24, 2.45) is 11.7 Å². The minimum atomic E-state index is -0.272. The largest absolute Gasteiger partial charge is 0.369 e. The molecule has 3 aromatic rings. The van der Waals surface area contributed by atoms with Crippen LogP contribution < -0.4 is 11.4 Å². The Morgan fingerprint density at radius 1 is 1.41 bits per heavy atom. The summed E-state index contributed by atoms with van der Waals surface area (Å²) in [5.74, 6) is -0.426. The van der Waals surface area contributed by atoms with Gasteiger partial charge in [0.25, 0.3) is 0 Å². The highest BCUT2D eigenvalue weighted by atomic mass is 16.1. The van der Waals surface area contributed by atoms with Crippen molar-refractivity contribution in [3.63, 3.8) is 0 Å². The van der Waals surface area contributed by atoms with E-state index >= 15 is 0 Å². The molecule has 4 rings (SSSR count). The summed E-state index contributed by atoms with van der Waals surface area (Å²) in [4.78, 5) is 34.2. The van der Waals surface area contributed by atoms with Gasteiger partial charge in [0.1, 0.15) is 5.65 Å². The molecule has 0 bridgehead atoms. The zero-order chi connectivity index (χ0) is 15.3. The lowest BCUT2D eigenvalue weighted by Gasteiger charge is -2.28. The summed E-state index contributed by atoms with van der Waals surface area (Å²) in [5, 5.41) is 0.914. The molecule has 0 saturated heterocycles. The standard InChI is InChI=1S/C15H17N5O2/c16-13(21)8-2-1-3-9(6-8)20-12-10-4-5-17-14(10)18-7-11(12)19-15(20)22/h4-5,7-9H,1-3,6H2,(H2,16,21)(H,17,18)(H,19,22)/t8-,9-/m1/s1. The molecule has 0 aromatic carbocycles. The van der Waals surface area contributed by atoms with Crippen molar-refractivity contribution in [3.8, 4) is 0 Å². The maximum atomic E-state index is 12.4. The molecule has 0 aliphatic heterocycles. The second-order valence-corrected chi connectivity index (χ2v) is 5.98. The number of amides is 1. The van der Waals surface area contributed by atoms with Crippen molar-refractivity contribution < 1.29 is 4.79 Å². The van der Waals surface area contributed by atoms with Crippen LogP contribution >= 0.6 is 0 Å². The van der Waals surface area contributed by atoms with Crippen molar-refractivity contribution in [3.05, 3.63) is 28.9 Å². The third-order valence-corrected chi connectivity index (χ3v) is 4.67. The van der Waals surface area contributed by atoms with Gasteiger partial charge in [-0.3, -0.25) is 9.36 Å². The van der Waals surface area contributed by atoms with Crippen LogP contribution in [0.15, 0.2) is 23.3 Å². The van der Waals surface area contributed by atoms with Gasteiger partial charge in [0, 0.05) is 23.5 Å². The first-order chi connectivity index (χ1) is 10.6. The highest BCUT2D eigenvalue weighted by molar-refractivity contribution is 6.00. The van der Waals surface area contributed by atoms with Crippen molar-refractivity contribution >= 4 is 28.0 Å². The molecule has 114 valence electrons. The summed E-state index contributed by atoms with van der Waals surface area (Å²) in [6.45, 7) is 0. The highest BCUT2D eigenvalue weighted by Gasteiger charge is 2.29. The monoisotopic (exact) mass is 299 g/mol. The quantitative estimate of drug-likeness (QED) is 0.665. The molecular formula is C15H17N5O2. The lowest BCUT2D eigenvalue weighted by molar-refractivity contribution is -0.123. The number of nitrogens with zero attached hydrogens (tertiary/aromatic N) is 2. The summed E-state index contributed by atoms with van der Waals surface area (Å²) < 4.78 is 1.78. The fraction of sp³-hybridized carbons (Fsp3) is 0.400. The van der Waals surface area contributed by atoms with Gasteiger partial charge in [-0.25, -0.2) is 9.78 Å². The molecule has 3 aromatic heterocycles. The van der Waals surface area contributed by atoms with Gasteiger partial charge in [0.15, 0.2) is 0 Å². The van der Waals surface area contributed by atoms with Gasteiger partial charge < -0.3 is 15.7 Å². The van der Waals surface area contributed by atoms with Crippen LogP contribution in [0, 0.1) is 5.92 Å². The van der Waals surface area contributed by atoms with Gasteiger partial charge in [-0.15, -0.1) is 0 Å². The Kier molecular flexibility index (Phi) is 2.82. The van der Waals surface area contributed by atoms with E-state index in [1.807, 2.05) is 12.3 Å². The normalized spacial score (nSPS) is 22.4. The van der Waals surface area contributed by atoms with Gasteiger partial charge in [-0.05, 0) is 25.3 Å². The predicted octanol–water partition coefficient (Wildman–Crippen LogP) is 1.42. The van der Waals surface area contributed by atoms with Crippen LogP contribution in [0.2, 0.25) is 0 Å². The maximum Gasteiger partial charge on any atom is 0.326 e. The molecule has 1 saturated carbocycles. The van der Waals surface area contributed by atoms with Crippen LogP contribution in [0.25, 0.3) is 22.1 Å². The molecule has 3 heterocycles. The Morgan fingerprint density at radius 3 is 3.09 bits per heavy atom. The van der Waals surface area contributed by atoms with E-state index in [9.17, 15) is 9.59 Å². The Morgan fingerprint density at radius 2 is 2.27 bits per heavy atom. The average molecular weight is 299 g/mol. The maximum absolute atomic E-state index is 12.4. The van der Waals surface area contributed by atoms with Crippen LogP contribution in [-0.4, -0.2) is 25.4 Å². The molecule has 4 N–H and O–H groups in total. The minimum absolute atomic E-state index is 0.00648. The van der Waals surface area contributed by atoms with Gasteiger partial charge in [-0.1, -0.05) is 6.42 Å². The summed E-state index contributed by atoms with van der Waals surface area (Å²) in [7, 11) is 0. The minimum Gasteiger partial charge on any atom is -0.369 e. The number of hydrogen-bond donors (Lipinski definition) is 3. The molecule has 0 radical (unpaired) electrons. The number of pyridine rings is 1. The van der Waals surface area contributed by atoms with E-state index in [-0.39, 0.29) is 23.6 Å². The summed E-state index contributed by atoms with van der Waals surface area (Å²) in [6.07, 6.45) is 6.69. The highest BCUT2D eigenvalue weighted by Crippen LogP contribution is 2.34. The third-order valence-electron chi connectivity index (χ3n) is 4.67. The van der Waals surface area contributed by atoms with Gasteiger partial charge in [0.05, 0.1) is 17.2 Å². The van der Waals surface area contributed by atoms with Gasteiger partial charge in [0.2, 0.25) is 5.91 Å². The number of imidazole rings is 1. The van der Waals surface area contributed by atoms with E-state index in [0.717, 1.165) is 41.3 Å². The third kappa shape index (κ3) is 1.85. The van der Waals surface area contributed by atoms with E-state index in [2.05, 4.69) is 15.0 Å². The van der Waals surface area contributed by atoms with E-state index in [1.165, 1.54) is 0 Å². The van der Waals surface area contributed by atoms with Crippen LogP contribution in [0.1, 0.15) is 31.7 Å². The number of carbonyl (C=O) groups is 1. The molecule has 2 atom stereocenters. The molecule has 22 heavy (non-hydrogen) atoms. The molecule has 1 fully saturated rings. The number of aromatic amines is 2. The van der Waals surface area contributed by atoms with E-state index in [0.29, 0.717) is 6.42 Å². The van der Waals surface area contributed by atoms with Gasteiger partial charge in [-0.2, -0.15) is 0 Å². The number of hydrogen-bond acceptors (Lipinski definition) is 3. The fourth-order valence-electron chi connectivity index (χ4n) is 3.63. The molecule has 1 aliphatic rings. The summed E-state index contributed by atoms with van der Waals surface area (Å²) >= 11 is 0. The predicted molar refractivity (Wildman–Crippen MR) is 82.4 cm³/mol. The Balaban J connectivity index is 1.90. The van der Waals surface area contributed by atoms with E-state index < -0.39 is 0 Å². The van der Waals surface area contributed by atoms with Crippen molar-refractivity contribution in [1.29, 1.82) is 0 Å². The number of nitrogens with two attached hydrogens (primary N) is 1. The summed E-state index contributed by atoms with van der Waals surface area (Å²) in [5.41, 5.74) is 7.63. The number of primary amides is 1. The SMILES string of the molecule is NC(=O)[C@@H]1CCC[C@@H](n2c(=O)[nH]c3cnc4[nH]ccc4c32)C1. The van der Waals surface area contributed by atoms with E-state index in [1.54, 1.807) is 10.8 Å². The van der Waals surface area contributed by atoms with Crippen LogP contribution in [-0.2, 0) is 4.79 Å². The average Bonchev–Trinajstić information content (AvgIpc) is 3.09. The van der Waals surface area contributed by atoms with Crippen LogP contribution in [0.3, 0.4) is 0 Å². The first-order valence-electron chi connectivity index (χ1n) is 7.51. The fourth-order valence-corrected chi connectivity index (χ4v) is 3.63. The molecule has 7 heteroatoms. The van der Waals surface area contributed by atoms with Crippen LogP contribution in [0.4, 0.5) is 0 Å². The lowest BCUT2D eigenvalue weighted by atomic mass is 9.85. The second-order valence-electron chi connectivity index (χ2n) is 5.98. The van der Waals surface area contributed by atoms with E-state index in [4.69, 9.17) is 5.73 Å².